The lowest BCUT2D eigenvalue weighted by Crippen LogP contribution is -2.03. The van der Waals surface area contributed by atoms with Crippen LogP contribution in [0.1, 0.15) is 32.6 Å². The summed E-state index contributed by atoms with van der Waals surface area (Å²) in [4.78, 5) is 21.9. The first kappa shape index (κ1) is 11.0. The van der Waals surface area contributed by atoms with Gasteiger partial charge in [0.05, 0.1) is 13.0 Å². The molecule has 1 heterocycles. The summed E-state index contributed by atoms with van der Waals surface area (Å²) in [6.07, 6.45) is 2.78. The lowest BCUT2D eigenvalue weighted by atomic mass is 9.99. The van der Waals surface area contributed by atoms with Crippen molar-refractivity contribution >= 4 is 11.8 Å². The van der Waals surface area contributed by atoms with Crippen LogP contribution in [0.3, 0.4) is 0 Å². The molecule has 0 aromatic heterocycles. The van der Waals surface area contributed by atoms with Crippen molar-refractivity contribution in [3.05, 3.63) is 12.2 Å². The van der Waals surface area contributed by atoms with E-state index in [1.807, 2.05) is 0 Å². The maximum Gasteiger partial charge on any atom is 0.306 e. The van der Waals surface area contributed by atoms with E-state index in [0.29, 0.717) is 30.9 Å². The summed E-state index contributed by atoms with van der Waals surface area (Å²) in [5.41, 5.74) is 0.615. The smallest absolute Gasteiger partial charge is 0.306 e. The Bertz CT molecular complexity index is 255. The molecule has 1 rings (SSSR count). The number of cyclic esters (lactones) is 1. The number of rotatable bonds is 5. The van der Waals surface area contributed by atoms with Crippen LogP contribution in [0.4, 0.5) is 0 Å². The molecule has 1 fully saturated rings. The van der Waals surface area contributed by atoms with Crippen molar-refractivity contribution in [2.45, 2.75) is 32.6 Å². The molecule has 0 saturated carbocycles. The summed E-state index contributed by atoms with van der Waals surface area (Å²) in [6, 6.07) is 0. The van der Waals surface area contributed by atoms with E-state index in [-0.39, 0.29) is 11.8 Å². The molecule has 3 heteroatoms. The third-order valence-corrected chi connectivity index (χ3v) is 2.43. The van der Waals surface area contributed by atoms with Gasteiger partial charge >= 0.3 is 5.97 Å². The van der Waals surface area contributed by atoms with Gasteiger partial charge in [0, 0.05) is 12.3 Å². The van der Waals surface area contributed by atoms with Crippen LogP contribution in [-0.2, 0) is 14.3 Å². The fourth-order valence-corrected chi connectivity index (χ4v) is 1.51. The van der Waals surface area contributed by atoms with Crippen molar-refractivity contribution in [2.24, 2.45) is 5.92 Å². The molecule has 0 amide bonds. The zero-order valence-electron chi connectivity index (χ0n) is 8.54. The van der Waals surface area contributed by atoms with Gasteiger partial charge in [0.15, 0.2) is 5.78 Å². The SMILES string of the molecule is C=C(C)C(=O)CCCC1COC(=O)C1. The molecule has 0 aromatic rings. The van der Waals surface area contributed by atoms with Crippen molar-refractivity contribution in [3.8, 4) is 0 Å². The van der Waals surface area contributed by atoms with E-state index in [4.69, 9.17) is 4.74 Å². The molecule has 1 unspecified atom stereocenters. The molecular formula is C11H16O3. The van der Waals surface area contributed by atoms with Crippen LogP contribution >= 0.6 is 0 Å². The molecule has 1 aliphatic heterocycles. The van der Waals surface area contributed by atoms with Crippen LogP contribution in [0.5, 0.6) is 0 Å². The Kier molecular flexibility index (Phi) is 3.86. The van der Waals surface area contributed by atoms with Gasteiger partial charge in [0.2, 0.25) is 0 Å². The Balaban J connectivity index is 2.13. The summed E-state index contributed by atoms with van der Waals surface area (Å²) in [5, 5.41) is 0. The molecule has 14 heavy (non-hydrogen) atoms. The summed E-state index contributed by atoms with van der Waals surface area (Å²) in [7, 11) is 0. The lowest BCUT2D eigenvalue weighted by molar-refractivity contribution is -0.137. The monoisotopic (exact) mass is 196 g/mol. The zero-order chi connectivity index (χ0) is 10.6. The predicted octanol–water partition coefficient (Wildman–Crippen LogP) is 1.86. The second-order valence-corrected chi connectivity index (χ2v) is 3.85. The summed E-state index contributed by atoms with van der Waals surface area (Å²) in [6.45, 7) is 5.84. The molecule has 1 atom stereocenters. The average Bonchev–Trinajstić information content (AvgIpc) is 2.51. The van der Waals surface area contributed by atoms with Crippen molar-refractivity contribution in [2.75, 3.05) is 6.61 Å². The summed E-state index contributed by atoms with van der Waals surface area (Å²) in [5.74, 6) is 0.330. The molecule has 0 N–H and O–H groups in total. The second-order valence-electron chi connectivity index (χ2n) is 3.85. The topological polar surface area (TPSA) is 43.4 Å². The Labute approximate surface area is 84.1 Å². The Morgan fingerprint density at radius 3 is 2.86 bits per heavy atom. The van der Waals surface area contributed by atoms with Crippen LogP contribution in [-0.4, -0.2) is 18.4 Å². The third kappa shape index (κ3) is 3.32. The number of esters is 1. The van der Waals surface area contributed by atoms with Gasteiger partial charge in [-0.3, -0.25) is 9.59 Å². The lowest BCUT2D eigenvalue weighted by Gasteiger charge is -2.04. The number of Topliss-reactive ketones (excluding diaryl/α,β-unsaturated/α-hetero) is 1. The number of hydrogen-bond donors (Lipinski definition) is 0. The van der Waals surface area contributed by atoms with Crippen LogP contribution in [0, 0.1) is 5.92 Å². The van der Waals surface area contributed by atoms with E-state index >= 15 is 0 Å². The van der Waals surface area contributed by atoms with Gasteiger partial charge in [-0.25, -0.2) is 0 Å². The first-order valence-electron chi connectivity index (χ1n) is 4.94. The summed E-state index contributed by atoms with van der Waals surface area (Å²) < 4.78 is 4.83. The van der Waals surface area contributed by atoms with Crippen molar-refractivity contribution in [1.82, 2.24) is 0 Å². The van der Waals surface area contributed by atoms with Gasteiger partial charge in [0.25, 0.3) is 0 Å². The van der Waals surface area contributed by atoms with Crippen LogP contribution < -0.4 is 0 Å². The Morgan fingerprint density at radius 2 is 2.36 bits per heavy atom. The van der Waals surface area contributed by atoms with Crippen LogP contribution in [0.2, 0.25) is 0 Å². The molecule has 1 saturated heterocycles. The van der Waals surface area contributed by atoms with E-state index in [0.717, 1.165) is 12.8 Å². The Morgan fingerprint density at radius 1 is 1.64 bits per heavy atom. The van der Waals surface area contributed by atoms with Gasteiger partial charge in [0.1, 0.15) is 0 Å². The highest BCUT2D eigenvalue weighted by Crippen LogP contribution is 2.20. The largest absolute Gasteiger partial charge is 0.465 e. The highest BCUT2D eigenvalue weighted by atomic mass is 16.5. The van der Waals surface area contributed by atoms with Crippen LogP contribution in [0.15, 0.2) is 12.2 Å². The first-order chi connectivity index (χ1) is 6.59. The summed E-state index contributed by atoms with van der Waals surface area (Å²) >= 11 is 0. The number of ether oxygens (including phenoxy) is 1. The van der Waals surface area contributed by atoms with Crippen molar-refractivity contribution in [1.29, 1.82) is 0 Å². The zero-order valence-corrected chi connectivity index (χ0v) is 8.54. The molecular weight excluding hydrogens is 180 g/mol. The number of ketones is 1. The minimum atomic E-state index is -0.110. The standard InChI is InChI=1S/C11H16O3/c1-8(2)10(12)5-3-4-9-6-11(13)14-7-9/h9H,1,3-7H2,2H3. The average molecular weight is 196 g/mol. The molecule has 3 nitrogen and oxygen atoms in total. The fourth-order valence-electron chi connectivity index (χ4n) is 1.51. The van der Waals surface area contributed by atoms with E-state index < -0.39 is 0 Å². The van der Waals surface area contributed by atoms with Gasteiger partial charge in [-0.15, -0.1) is 0 Å². The van der Waals surface area contributed by atoms with Gasteiger partial charge in [-0.1, -0.05) is 6.58 Å². The van der Waals surface area contributed by atoms with E-state index in [1.54, 1.807) is 6.92 Å². The van der Waals surface area contributed by atoms with Crippen molar-refractivity contribution in [3.63, 3.8) is 0 Å². The molecule has 0 spiro atoms. The minimum absolute atomic E-state index is 0.110. The predicted molar refractivity (Wildman–Crippen MR) is 52.7 cm³/mol. The van der Waals surface area contributed by atoms with Crippen molar-refractivity contribution < 1.29 is 14.3 Å². The third-order valence-electron chi connectivity index (χ3n) is 2.43. The molecule has 0 aliphatic carbocycles. The maximum absolute atomic E-state index is 11.2. The first-order valence-corrected chi connectivity index (χ1v) is 4.94. The molecule has 78 valence electrons. The Hall–Kier alpha value is -1.12. The van der Waals surface area contributed by atoms with Gasteiger partial charge in [-0.2, -0.15) is 0 Å². The normalized spacial score (nSPS) is 20.6. The second kappa shape index (κ2) is 4.94. The van der Waals surface area contributed by atoms with E-state index in [2.05, 4.69) is 6.58 Å². The number of hydrogen-bond acceptors (Lipinski definition) is 3. The van der Waals surface area contributed by atoms with E-state index in [1.165, 1.54) is 0 Å². The fraction of sp³-hybridized carbons (Fsp3) is 0.636. The van der Waals surface area contributed by atoms with Gasteiger partial charge < -0.3 is 4.74 Å². The molecule has 0 aromatic carbocycles. The maximum atomic E-state index is 11.2. The van der Waals surface area contributed by atoms with E-state index in [9.17, 15) is 9.59 Å². The van der Waals surface area contributed by atoms with Crippen LogP contribution in [0.25, 0.3) is 0 Å². The minimum Gasteiger partial charge on any atom is -0.465 e. The highest BCUT2D eigenvalue weighted by Gasteiger charge is 2.23. The highest BCUT2D eigenvalue weighted by molar-refractivity contribution is 5.93. The molecule has 0 bridgehead atoms. The quantitative estimate of drug-likeness (QED) is 0.498. The molecule has 0 radical (unpaired) electrons. The molecule has 1 aliphatic rings. The van der Waals surface area contributed by atoms with Gasteiger partial charge in [-0.05, 0) is 25.3 Å². The number of allylic oxidation sites excluding steroid dienone is 1. The number of carbonyl (C=O) groups is 2. The number of carbonyl (C=O) groups excluding carboxylic acids is 2.